The standard InChI is InChI=1S/C20H25N7O.HI/c1-21-20(23-11-14-9-10-22-17-6-4-3-5-16(14)17)24-15-7-8-19-25-18(13-28-2)26-27(19)12-15;/h3-6,9-10,15H,7-8,11-13H2,1-2H3,(H2,21,23,24);1H. The fourth-order valence-corrected chi connectivity index (χ4v) is 3.54. The molecule has 0 bridgehead atoms. The van der Waals surface area contributed by atoms with E-state index < -0.39 is 0 Å². The monoisotopic (exact) mass is 507 g/mol. The number of fused-ring (bicyclic) bond motifs is 2. The fourth-order valence-electron chi connectivity index (χ4n) is 3.54. The number of pyridine rings is 1. The molecule has 0 saturated heterocycles. The van der Waals surface area contributed by atoms with Crippen molar-refractivity contribution in [1.82, 2.24) is 30.4 Å². The van der Waals surface area contributed by atoms with Crippen LogP contribution in [0.2, 0.25) is 0 Å². The van der Waals surface area contributed by atoms with E-state index >= 15 is 0 Å². The van der Waals surface area contributed by atoms with Gasteiger partial charge in [0.05, 0.1) is 12.1 Å². The molecule has 1 aliphatic rings. The van der Waals surface area contributed by atoms with E-state index in [9.17, 15) is 0 Å². The third-order valence-corrected chi connectivity index (χ3v) is 4.93. The third-order valence-electron chi connectivity index (χ3n) is 4.93. The quantitative estimate of drug-likeness (QED) is 0.313. The topological polar surface area (TPSA) is 89.2 Å². The molecule has 1 aromatic carbocycles. The Kier molecular flexibility index (Phi) is 7.37. The number of hydrogen-bond acceptors (Lipinski definition) is 5. The summed E-state index contributed by atoms with van der Waals surface area (Å²) < 4.78 is 7.10. The van der Waals surface area contributed by atoms with Gasteiger partial charge < -0.3 is 15.4 Å². The summed E-state index contributed by atoms with van der Waals surface area (Å²) in [5, 5.41) is 12.6. The third kappa shape index (κ3) is 5.02. The molecule has 8 nitrogen and oxygen atoms in total. The summed E-state index contributed by atoms with van der Waals surface area (Å²) in [6, 6.07) is 10.5. The van der Waals surface area contributed by atoms with Crippen molar-refractivity contribution in [2.45, 2.75) is 38.6 Å². The van der Waals surface area contributed by atoms with Gasteiger partial charge >= 0.3 is 0 Å². The minimum atomic E-state index is 0. The Morgan fingerprint density at radius 3 is 3.00 bits per heavy atom. The molecule has 2 aromatic heterocycles. The molecule has 29 heavy (non-hydrogen) atoms. The van der Waals surface area contributed by atoms with Crippen LogP contribution in [0.4, 0.5) is 0 Å². The number of halogens is 1. The SMILES string of the molecule is CN=C(NCc1ccnc2ccccc12)NC1CCc2nc(COC)nn2C1.I. The normalized spacial score (nSPS) is 16.2. The second kappa shape index (κ2) is 9.97. The summed E-state index contributed by atoms with van der Waals surface area (Å²) >= 11 is 0. The maximum atomic E-state index is 5.13. The molecule has 2 N–H and O–H groups in total. The van der Waals surface area contributed by atoms with E-state index in [-0.39, 0.29) is 30.0 Å². The molecule has 4 rings (SSSR count). The van der Waals surface area contributed by atoms with Crippen LogP contribution in [0, 0.1) is 0 Å². The molecule has 0 saturated carbocycles. The van der Waals surface area contributed by atoms with E-state index in [0.29, 0.717) is 13.2 Å². The van der Waals surface area contributed by atoms with Crippen molar-refractivity contribution >= 4 is 40.8 Å². The van der Waals surface area contributed by atoms with Gasteiger partial charge in [0.15, 0.2) is 11.8 Å². The average Bonchev–Trinajstić information content (AvgIpc) is 3.13. The van der Waals surface area contributed by atoms with E-state index in [4.69, 9.17) is 4.74 Å². The van der Waals surface area contributed by atoms with Crippen LogP contribution < -0.4 is 10.6 Å². The number of nitrogens with zero attached hydrogens (tertiary/aromatic N) is 5. The molecule has 0 fully saturated rings. The lowest BCUT2D eigenvalue weighted by Crippen LogP contribution is -2.46. The van der Waals surface area contributed by atoms with Crippen LogP contribution in [0.5, 0.6) is 0 Å². The smallest absolute Gasteiger partial charge is 0.191 e. The first kappa shape index (κ1) is 21.4. The maximum absolute atomic E-state index is 5.13. The fraction of sp³-hybridized carbons (Fsp3) is 0.400. The number of hydrogen-bond donors (Lipinski definition) is 2. The number of aromatic nitrogens is 4. The van der Waals surface area contributed by atoms with Crippen molar-refractivity contribution in [3.63, 3.8) is 0 Å². The Morgan fingerprint density at radius 2 is 2.17 bits per heavy atom. The first-order valence-corrected chi connectivity index (χ1v) is 9.48. The van der Waals surface area contributed by atoms with E-state index in [1.165, 1.54) is 5.56 Å². The van der Waals surface area contributed by atoms with Crippen molar-refractivity contribution in [1.29, 1.82) is 0 Å². The lowest BCUT2D eigenvalue weighted by molar-refractivity contribution is 0.177. The number of para-hydroxylation sites is 1. The lowest BCUT2D eigenvalue weighted by atomic mass is 10.1. The molecule has 0 radical (unpaired) electrons. The molecular formula is C20H26IN7O. The minimum Gasteiger partial charge on any atom is -0.377 e. The highest BCUT2D eigenvalue weighted by atomic mass is 127. The van der Waals surface area contributed by atoms with Gasteiger partial charge in [-0.05, 0) is 24.1 Å². The Balaban J connectivity index is 0.00000240. The molecule has 0 amide bonds. The molecule has 1 unspecified atom stereocenters. The predicted molar refractivity (Wildman–Crippen MR) is 123 cm³/mol. The van der Waals surface area contributed by atoms with Crippen LogP contribution in [-0.4, -0.2) is 45.9 Å². The summed E-state index contributed by atoms with van der Waals surface area (Å²) in [4.78, 5) is 13.3. The number of aliphatic imine (C=N–C) groups is 1. The molecule has 1 aliphatic heterocycles. The molecular weight excluding hydrogens is 481 g/mol. The Bertz CT molecular complexity index is 983. The second-order valence-corrected chi connectivity index (χ2v) is 6.85. The van der Waals surface area contributed by atoms with Gasteiger partial charge in [-0.2, -0.15) is 5.10 Å². The van der Waals surface area contributed by atoms with Crippen molar-refractivity contribution in [3.8, 4) is 0 Å². The van der Waals surface area contributed by atoms with Crippen LogP contribution in [0.1, 0.15) is 23.6 Å². The molecule has 9 heteroatoms. The van der Waals surface area contributed by atoms with Crippen LogP contribution in [0.3, 0.4) is 0 Å². The number of benzene rings is 1. The Hall–Kier alpha value is -2.27. The van der Waals surface area contributed by atoms with E-state index in [2.05, 4.69) is 36.8 Å². The molecule has 154 valence electrons. The van der Waals surface area contributed by atoms with Gasteiger partial charge in [-0.3, -0.25) is 9.98 Å². The van der Waals surface area contributed by atoms with Gasteiger partial charge in [-0.1, -0.05) is 18.2 Å². The highest BCUT2D eigenvalue weighted by molar-refractivity contribution is 14.0. The average molecular weight is 507 g/mol. The van der Waals surface area contributed by atoms with Gasteiger partial charge in [0.25, 0.3) is 0 Å². The predicted octanol–water partition coefficient (Wildman–Crippen LogP) is 2.27. The zero-order valence-electron chi connectivity index (χ0n) is 16.6. The highest BCUT2D eigenvalue weighted by Crippen LogP contribution is 2.16. The van der Waals surface area contributed by atoms with E-state index in [1.807, 2.05) is 35.1 Å². The minimum absolute atomic E-state index is 0. The van der Waals surface area contributed by atoms with Crippen LogP contribution in [0.25, 0.3) is 10.9 Å². The Morgan fingerprint density at radius 1 is 1.31 bits per heavy atom. The van der Waals surface area contributed by atoms with Gasteiger partial charge in [0, 0.05) is 44.7 Å². The lowest BCUT2D eigenvalue weighted by Gasteiger charge is -2.25. The summed E-state index contributed by atoms with van der Waals surface area (Å²) in [6.07, 6.45) is 3.73. The number of methoxy groups -OCH3 is 1. The van der Waals surface area contributed by atoms with Gasteiger partial charge in [-0.25, -0.2) is 9.67 Å². The number of nitrogens with one attached hydrogen (secondary N) is 2. The number of rotatable bonds is 5. The molecule has 3 aromatic rings. The summed E-state index contributed by atoms with van der Waals surface area (Å²) in [5.74, 6) is 2.55. The molecule has 3 heterocycles. The molecule has 0 spiro atoms. The highest BCUT2D eigenvalue weighted by Gasteiger charge is 2.22. The molecule has 1 atom stereocenters. The Labute approximate surface area is 187 Å². The van der Waals surface area contributed by atoms with E-state index in [1.54, 1.807) is 14.2 Å². The first-order valence-electron chi connectivity index (χ1n) is 9.48. The summed E-state index contributed by atoms with van der Waals surface area (Å²) in [7, 11) is 3.45. The second-order valence-electron chi connectivity index (χ2n) is 6.85. The largest absolute Gasteiger partial charge is 0.377 e. The van der Waals surface area contributed by atoms with Crippen molar-refractivity contribution in [3.05, 3.63) is 53.7 Å². The first-order chi connectivity index (χ1) is 13.8. The van der Waals surface area contributed by atoms with Crippen LogP contribution in [-0.2, 0) is 30.9 Å². The number of ether oxygens (including phenoxy) is 1. The van der Waals surface area contributed by atoms with Gasteiger partial charge in [0.2, 0.25) is 0 Å². The van der Waals surface area contributed by atoms with Crippen LogP contribution >= 0.6 is 24.0 Å². The van der Waals surface area contributed by atoms with Crippen molar-refractivity contribution < 1.29 is 4.74 Å². The van der Waals surface area contributed by atoms with E-state index in [0.717, 1.165) is 47.9 Å². The zero-order valence-corrected chi connectivity index (χ0v) is 19.0. The van der Waals surface area contributed by atoms with Crippen molar-refractivity contribution in [2.24, 2.45) is 4.99 Å². The number of guanidine groups is 1. The van der Waals surface area contributed by atoms with Gasteiger partial charge in [0.1, 0.15) is 12.4 Å². The molecule has 0 aliphatic carbocycles. The van der Waals surface area contributed by atoms with Crippen LogP contribution in [0.15, 0.2) is 41.5 Å². The van der Waals surface area contributed by atoms with Gasteiger partial charge in [-0.15, -0.1) is 24.0 Å². The zero-order chi connectivity index (χ0) is 19.3. The summed E-state index contributed by atoms with van der Waals surface area (Å²) in [6.45, 7) is 1.90. The maximum Gasteiger partial charge on any atom is 0.191 e. The number of aryl methyl sites for hydroxylation is 1. The summed E-state index contributed by atoms with van der Waals surface area (Å²) in [5.41, 5.74) is 2.20. The van der Waals surface area contributed by atoms with Crippen molar-refractivity contribution in [2.75, 3.05) is 14.2 Å².